The minimum atomic E-state index is -0.401. The lowest BCUT2D eigenvalue weighted by Crippen LogP contribution is -2.41. The molecule has 0 heterocycles. The first-order chi connectivity index (χ1) is 9.49. The van der Waals surface area contributed by atoms with E-state index in [1.165, 1.54) is 0 Å². The summed E-state index contributed by atoms with van der Waals surface area (Å²) in [6.45, 7) is 12.0. The van der Waals surface area contributed by atoms with Gasteiger partial charge < -0.3 is 10.6 Å². The molecule has 0 aliphatic carbocycles. The van der Waals surface area contributed by atoms with Gasteiger partial charge in [0.05, 0.1) is 6.54 Å². The zero-order chi connectivity index (χ0) is 16.3. The standard InChI is InChI=1S/C17H26N2O2/c1-16(2,3)15(21)12-7-9-13(10-8-12)19-14(20)11-18-17(4,5)6/h7-10,18H,11H2,1-6H3,(H,19,20). The molecule has 4 heteroatoms. The highest BCUT2D eigenvalue weighted by atomic mass is 16.2. The highest BCUT2D eigenvalue weighted by molar-refractivity contribution is 6.00. The van der Waals surface area contributed by atoms with Crippen molar-refractivity contribution in [3.8, 4) is 0 Å². The summed E-state index contributed by atoms with van der Waals surface area (Å²) < 4.78 is 0. The lowest BCUT2D eigenvalue weighted by molar-refractivity contribution is -0.115. The van der Waals surface area contributed by atoms with Gasteiger partial charge in [0.25, 0.3) is 0 Å². The van der Waals surface area contributed by atoms with Crippen molar-refractivity contribution in [2.75, 3.05) is 11.9 Å². The van der Waals surface area contributed by atoms with E-state index in [1.54, 1.807) is 24.3 Å². The van der Waals surface area contributed by atoms with Crippen molar-refractivity contribution in [3.05, 3.63) is 29.8 Å². The van der Waals surface area contributed by atoms with Crippen LogP contribution in [-0.2, 0) is 4.79 Å². The molecule has 0 spiro atoms. The van der Waals surface area contributed by atoms with Crippen LogP contribution in [-0.4, -0.2) is 23.8 Å². The predicted molar refractivity (Wildman–Crippen MR) is 86.6 cm³/mol. The molecule has 1 amide bonds. The zero-order valence-electron chi connectivity index (χ0n) is 13.8. The molecule has 1 aromatic rings. The van der Waals surface area contributed by atoms with Gasteiger partial charge in [-0.1, -0.05) is 20.8 Å². The number of ketones is 1. The lowest BCUT2D eigenvalue weighted by Gasteiger charge is -2.20. The van der Waals surface area contributed by atoms with Crippen molar-refractivity contribution in [2.45, 2.75) is 47.1 Å². The SMILES string of the molecule is CC(C)(C)NCC(=O)Nc1ccc(C(=O)C(C)(C)C)cc1. The number of carbonyl (C=O) groups excluding carboxylic acids is 2. The smallest absolute Gasteiger partial charge is 0.238 e. The fraction of sp³-hybridized carbons (Fsp3) is 0.529. The van der Waals surface area contributed by atoms with Crippen molar-refractivity contribution in [3.63, 3.8) is 0 Å². The Morgan fingerprint density at radius 2 is 1.48 bits per heavy atom. The van der Waals surface area contributed by atoms with Gasteiger partial charge >= 0.3 is 0 Å². The van der Waals surface area contributed by atoms with Crippen molar-refractivity contribution >= 4 is 17.4 Å². The average molecular weight is 290 g/mol. The van der Waals surface area contributed by atoms with Crippen LogP contribution in [0.5, 0.6) is 0 Å². The summed E-state index contributed by atoms with van der Waals surface area (Å²) >= 11 is 0. The minimum Gasteiger partial charge on any atom is -0.325 e. The highest BCUT2D eigenvalue weighted by Crippen LogP contribution is 2.21. The second-order valence-corrected chi connectivity index (χ2v) is 7.31. The van der Waals surface area contributed by atoms with Crippen molar-refractivity contribution in [1.29, 1.82) is 0 Å². The van der Waals surface area contributed by atoms with Crippen LogP contribution in [0.3, 0.4) is 0 Å². The number of rotatable bonds is 4. The summed E-state index contributed by atoms with van der Waals surface area (Å²) in [5.41, 5.74) is 0.858. The Morgan fingerprint density at radius 3 is 1.90 bits per heavy atom. The molecule has 0 saturated carbocycles. The Balaban J connectivity index is 2.63. The molecule has 0 aromatic heterocycles. The van der Waals surface area contributed by atoms with Gasteiger partial charge in [0, 0.05) is 22.2 Å². The molecule has 0 radical (unpaired) electrons. The van der Waals surface area contributed by atoms with Crippen LogP contribution in [0.1, 0.15) is 51.9 Å². The number of benzene rings is 1. The molecule has 1 aromatic carbocycles. The summed E-state index contributed by atoms with van der Waals surface area (Å²) in [6.07, 6.45) is 0. The monoisotopic (exact) mass is 290 g/mol. The molecule has 21 heavy (non-hydrogen) atoms. The number of amides is 1. The van der Waals surface area contributed by atoms with E-state index in [0.717, 1.165) is 0 Å². The van der Waals surface area contributed by atoms with Crippen LogP contribution in [0, 0.1) is 5.41 Å². The van der Waals surface area contributed by atoms with Gasteiger partial charge in [-0.25, -0.2) is 0 Å². The van der Waals surface area contributed by atoms with E-state index in [1.807, 2.05) is 41.5 Å². The average Bonchev–Trinajstić information content (AvgIpc) is 2.34. The van der Waals surface area contributed by atoms with E-state index in [-0.39, 0.29) is 23.8 Å². The fourth-order valence-electron chi connectivity index (χ4n) is 1.69. The van der Waals surface area contributed by atoms with Gasteiger partial charge in [0.1, 0.15) is 0 Å². The molecule has 0 atom stereocenters. The van der Waals surface area contributed by atoms with Crippen LogP contribution < -0.4 is 10.6 Å². The van der Waals surface area contributed by atoms with Gasteiger partial charge in [-0.15, -0.1) is 0 Å². The van der Waals surface area contributed by atoms with Gasteiger partial charge in [-0.3, -0.25) is 9.59 Å². The van der Waals surface area contributed by atoms with Crippen LogP contribution in [0.2, 0.25) is 0 Å². The Morgan fingerprint density at radius 1 is 0.952 bits per heavy atom. The molecule has 0 bridgehead atoms. The quantitative estimate of drug-likeness (QED) is 0.837. The van der Waals surface area contributed by atoms with Crippen LogP contribution in [0.25, 0.3) is 0 Å². The molecule has 0 unspecified atom stereocenters. The lowest BCUT2D eigenvalue weighted by atomic mass is 9.86. The zero-order valence-corrected chi connectivity index (χ0v) is 13.8. The van der Waals surface area contributed by atoms with E-state index in [4.69, 9.17) is 0 Å². The molecular formula is C17H26N2O2. The summed E-state index contributed by atoms with van der Waals surface area (Å²) in [5.74, 6) is -0.00500. The Bertz CT molecular complexity index is 505. The largest absolute Gasteiger partial charge is 0.325 e. The molecule has 116 valence electrons. The Kier molecular flexibility index (Phi) is 5.29. The first-order valence-electron chi connectivity index (χ1n) is 7.19. The van der Waals surface area contributed by atoms with Crippen LogP contribution >= 0.6 is 0 Å². The molecule has 4 nitrogen and oxygen atoms in total. The Hall–Kier alpha value is -1.68. The Labute approximate surface area is 127 Å². The third kappa shape index (κ3) is 6.08. The summed E-state index contributed by atoms with van der Waals surface area (Å²) in [6, 6.07) is 7.02. The molecule has 2 N–H and O–H groups in total. The van der Waals surface area contributed by atoms with E-state index in [0.29, 0.717) is 11.3 Å². The summed E-state index contributed by atoms with van der Waals surface area (Å²) in [7, 11) is 0. The number of hydrogen-bond donors (Lipinski definition) is 2. The van der Waals surface area contributed by atoms with Crippen LogP contribution in [0.4, 0.5) is 5.69 Å². The molecule has 0 aliphatic rings. The highest BCUT2D eigenvalue weighted by Gasteiger charge is 2.22. The second-order valence-electron chi connectivity index (χ2n) is 7.31. The van der Waals surface area contributed by atoms with Crippen LogP contribution in [0.15, 0.2) is 24.3 Å². The van der Waals surface area contributed by atoms with Crippen molar-refractivity contribution in [2.24, 2.45) is 5.41 Å². The predicted octanol–water partition coefficient (Wildman–Crippen LogP) is 3.24. The number of carbonyl (C=O) groups is 2. The van der Waals surface area contributed by atoms with Gasteiger partial charge in [-0.2, -0.15) is 0 Å². The van der Waals surface area contributed by atoms with E-state index in [9.17, 15) is 9.59 Å². The summed E-state index contributed by atoms with van der Waals surface area (Å²) in [4.78, 5) is 23.9. The third-order valence-corrected chi connectivity index (χ3v) is 2.89. The van der Waals surface area contributed by atoms with Gasteiger partial charge in [0.15, 0.2) is 5.78 Å². The maximum Gasteiger partial charge on any atom is 0.238 e. The van der Waals surface area contributed by atoms with E-state index < -0.39 is 5.41 Å². The van der Waals surface area contributed by atoms with E-state index >= 15 is 0 Å². The number of nitrogens with one attached hydrogen (secondary N) is 2. The summed E-state index contributed by atoms with van der Waals surface area (Å²) in [5, 5.41) is 5.93. The normalized spacial score (nSPS) is 12.1. The van der Waals surface area contributed by atoms with Crippen molar-refractivity contribution in [1.82, 2.24) is 5.32 Å². The second kappa shape index (κ2) is 6.39. The third-order valence-electron chi connectivity index (χ3n) is 2.89. The molecule has 0 aliphatic heterocycles. The molecule has 0 fully saturated rings. The number of Topliss-reactive ketones (excluding diaryl/α,β-unsaturated/α-hetero) is 1. The maximum atomic E-state index is 12.1. The first-order valence-corrected chi connectivity index (χ1v) is 7.19. The molecular weight excluding hydrogens is 264 g/mol. The molecule has 0 saturated heterocycles. The van der Waals surface area contributed by atoms with Gasteiger partial charge in [-0.05, 0) is 45.0 Å². The fourth-order valence-corrected chi connectivity index (χ4v) is 1.69. The number of anilines is 1. The maximum absolute atomic E-state index is 12.1. The number of hydrogen-bond acceptors (Lipinski definition) is 3. The van der Waals surface area contributed by atoms with E-state index in [2.05, 4.69) is 10.6 Å². The van der Waals surface area contributed by atoms with Crippen molar-refractivity contribution < 1.29 is 9.59 Å². The first kappa shape index (κ1) is 17.4. The van der Waals surface area contributed by atoms with Gasteiger partial charge in [0.2, 0.25) is 5.91 Å². The topological polar surface area (TPSA) is 58.2 Å². The minimum absolute atomic E-state index is 0.0924. The molecule has 1 rings (SSSR count).